The molecule has 88 valence electrons. The first kappa shape index (κ1) is 13.4. The van der Waals surface area contributed by atoms with Gasteiger partial charge in [-0.2, -0.15) is 0 Å². The predicted molar refractivity (Wildman–Crippen MR) is 66.5 cm³/mol. The van der Waals surface area contributed by atoms with Gasteiger partial charge in [-0.15, -0.1) is 0 Å². The molecule has 0 atom stereocenters. The summed E-state index contributed by atoms with van der Waals surface area (Å²) in [5.41, 5.74) is 0.172. The highest BCUT2D eigenvalue weighted by molar-refractivity contribution is 14.1. The van der Waals surface area contributed by atoms with Crippen molar-refractivity contribution >= 4 is 38.6 Å². The average molecular weight is 355 g/mol. The van der Waals surface area contributed by atoms with Crippen molar-refractivity contribution in [3.05, 3.63) is 27.3 Å². The van der Waals surface area contributed by atoms with Gasteiger partial charge in [0.05, 0.1) is 17.1 Å². The maximum atomic E-state index is 11.4. The third kappa shape index (κ3) is 3.16. The van der Waals surface area contributed by atoms with Crippen molar-refractivity contribution in [2.75, 3.05) is 6.61 Å². The predicted octanol–water partition coefficient (Wildman–Crippen LogP) is 1.12. The Morgan fingerprint density at radius 1 is 1.50 bits per heavy atom. The first-order chi connectivity index (χ1) is 7.36. The summed E-state index contributed by atoms with van der Waals surface area (Å²) in [6.45, 7) is 1.90. The monoisotopic (exact) mass is 355 g/mol. The molecule has 1 rings (SSSR count). The molecular weight excluding hydrogens is 345 g/mol. The second-order valence-electron chi connectivity index (χ2n) is 2.91. The van der Waals surface area contributed by atoms with E-state index in [4.69, 9.17) is 9.88 Å². The number of ether oxygens (including phenoxy) is 1. The second-order valence-corrected chi connectivity index (χ2v) is 5.60. The van der Waals surface area contributed by atoms with Crippen molar-refractivity contribution in [3.63, 3.8) is 0 Å². The molecule has 0 heterocycles. The number of hydrogen-bond acceptors (Lipinski definition) is 4. The Labute approximate surface area is 107 Å². The van der Waals surface area contributed by atoms with Crippen LogP contribution in [0.2, 0.25) is 0 Å². The largest absolute Gasteiger partial charge is 0.462 e. The standard InChI is InChI=1S/C9H10INO4S/c1-2-15-9(12)6-3-4-7(10)8(5-6)16(11,13)14/h3-5H,2H2,1H3,(H2,11,13,14). The minimum absolute atomic E-state index is 0.0707. The lowest BCUT2D eigenvalue weighted by Crippen LogP contribution is -2.15. The molecule has 0 fully saturated rings. The van der Waals surface area contributed by atoms with Crippen LogP contribution in [0.25, 0.3) is 0 Å². The maximum Gasteiger partial charge on any atom is 0.338 e. The van der Waals surface area contributed by atoms with E-state index in [1.165, 1.54) is 18.2 Å². The van der Waals surface area contributed by atoms with Gasteiger partial charge in [0.1, 0.15) is 0 Å². The first-order valence-corrected chi connectivity index (χ1v) is 6.98. The van der Waals surface area contributed by atoms with E-state index < -0.39 is 16.0 Å². The first-order valence-electron chi connectivity index (χ1n) is 4.35. The summed E-state index contributed by atoms with van der Waals surface area (Å²) >= 11 is 1.84. The van der Waals surface area contributed by atoms with E-state index in [0.717, 1.165) is 0 Å². The molecule has 0 spiro atoms. The Bertz CT molecular complexity index is 512. The lowest BCUT2D eigenvalue weighted by molar-refractivity contribution is 0.0526. The smallest absolute Gasteiger partial charge is 0.338 e. The maximum absolute atomic E-state index is 11.4. The summed E-state index contributed by atoms with van der Waals surface area (Å²) in [5, 5.41) is 5.02. The highest BCUT2D eigenvalue weighted by Gasteiger charge is 2.16. The fourth-order valence-corrected chi connectivity index (χ4v) is 2.95. The van der Waals surface area contributed by atoms with Gasteiger partial charge >= 0.3 is 5.97 Å². The fourth-order valence-electron chi connectivity index (χ4n) is 1.06. The summed E-state index contributed by atoms with van der Waals surface area (Å²) in [7, 11) is -3.82. The van der Waals surface area contributed by atoms with Crippen LogP contribution >= 0.6 is 22.6 Å². The number of carbonyl (C=O) groups excluding carboxylic acids is 1. The number of rotatable bonds is 3. The van der Waals surface area contributed by atoms with Crippen LogP contribution in [0.4, 0.5) is 0 Å². The summed E-state index contributed by atoms with van der Waals surface area (Å²) < 4.78 is 27.6. The second kappa shape index (κ2) is 5.11. The Balaban J connectivity index is 3.23. The molecular formula is C9H10INO4S. The zero-order valence-corrected chi connectivity index (χ0v) is 11.4. The van der Waals surface area contributed by atoms with Crippen LogP contribution in [0.1, 0.15) is 17.3 Å². The Morgan fingerprint density at radius 3 is 2.62 bits per heavy atom. The van der Waals surface area contributed by atoms with Gasteiger partial charge in [-0.05, 0) is 47.7 Å². The quantitative estimate of drug-likeness (QED) is 0.650. The van der Waals surface area contributed by atoms with Crippen molar-refractivity contribution in [1.29, 1.82) is 0 Å². The number of nitrogens with two attached hydrogens (primary N) is 1. The molecule has 0 unspecified atom stereocenters. The van der Waals surface area contributed by atoms with E-state index in [2.05, 4.69) is 0 Å². The minimum atomic E-state index is -3.82. The summed E-state index contributed by atoms with van der Waals surface area (Å²) in [5.74, 6) is -0.566. The lowest BCUT2D eigenvalue weighted by atomic mass is 10.2. The van der Waals surface area contributed by atoms with E-state index in [1.54, 1.807) is 6.92 Å². The highest BCUT2D eigenvalue weighted by atomic mass is 127. The molecule has 7 heteroatoms. The SMILES string of the molecule is CCOC(=O)c1ccc(I)c(S(N)(=O)=O)c1. The molecule has 1 aromatic rings. The van der Waals surface area contributed by atoms with Gasteiger partial charge in [-0.25, -0.2) is 18.4 Å². The van der Waals surface area contributed by atoms with E-state index >= 15 is 0 Å². The van der Waals surface area contributed by atoms with Crippen LogP contribution in [-0.4, -0.2) is 21.0 Å². The summed E-state index contributed by atoms with van der Waals surface area (Å²) in [6.07, 6.45) is 0. The third-order valence-corrected chi connectivity index (χ3v) is 4.01. The molecule has 5 nitrogen and oxygen atoms in total. The molecule has 2 N–H and O–H groups in total. The third-order valence-electron chi connectivity index (χ3n) is 1.75. The number of hydrogen-bond donors (Lipinski definition) is 1. The van der Waals surface area contributed by atoms with Crippen LogP contribution in [0.5, 0.6) is 0 Å². The average Bonchev–Trinajstić information content (AvgIpc) is 2.16. The van der Waals surface area contributed by atoms with Crippen LogP contribution in [0.15, 0.2) is 23.1 Å². The summed E-state index contributed by atoms with van der Waals surface area (Å²) in [6, 6.07) is 4.22. The van der Waals surface area contributed by atoms with Crippen molar-refractivity contribution in [2.24, 2.45) is 5.14 Å². The molecule has 0 bridgehead atoms. The van der Waals surface area contributed by atoms with Crippen molar-refractivity contribution in [1.82, 2.24) is 0 Å². The van der Waals surface area contributed by atoms with Crippen LogP contribution < -0.4 is 5.14 Å². The molecule has 0 aliphatic heterocycles. The van der Waals surface area contributed by atoms with Crippen LogP contribution in [0, 0.1) is 3.57 Å². The topological polar surface area (TPSA) is 86.5 Å². The molecule has 1 aromatic carbocycles. The number of benzene rings is 1. The van der Waals surface area contributed by atoms with E-state index in [-0.39, 0.29) is 17.1 Å². The van der Waals surface area contributed by atoms with Gasteiger partial charge in [-0.3, -0.25) is 0 Å². The highest BCUT2D eigenvalue weighted by Crippen LogP contribution is 2.18. The zero-order chi connectivity index (χ0) is 12.3. The molecule has 0 aromatic heterocycles. The molecule has 0 aliphatic carbocycles. The van der Waals surface area contributed by atoms with E-state index in [9.17, 15) is 13.2 Å². The molecule has 16 heavy (non-hydrogen) atoms. The van der Waals surface area contributed by atoms with Crippen molar-refractivity contribution < 1.29 is 17.9 Å². The molecule has 0 saturated carbocycles. The van der Waals surface area contributed by atoms with Gasteiger partial charge in [0, 0.05) is 3.57 Å². The fraction of sp³-hybridized carbons (Fsp3) is 0.222. The number of halogens is 1. The van der Waals surface area contributed by atoms with Gasteiger partial charge in [-0.1, -0.05) is 0 Å². The number of esters is 1. The normalized spacial score (nSPS) is 11.2. The van der Waals surface area contributed by atoms with Gasteiger partial charge in [0.25, 0.3) is 0 Å². The molecule has 0 amide bonds. The minimum Gasteiger partial charge on any atom is -0.462 e. The number of carbonyl (C=O) groups is 1. The van der Waals surface area contributed by atoms with E-state index in [0.29, 0.717) is 3.57 Å². The zero-order valence-electron chi connectivity index (χ0n) is 8.44. The van der Waals surface area contributed by atoms with Crippen LogP contribution in [0.3, 0.4) is 0 Å². The molecule has 0 aliphatic rings. The van der Waals surface area contributed by atoms with Crippen molar-refractivity contribution in [2.45, 2.75) is 11.8 Å². The van der Waals surface area contributed by atoms with E-state index in [1.807, 2.05) is 22.6 Å². The molecule has 0 saturated heterocycles. The van der Waals surface area contributed by atoms with Gasteiger partial charge < -0.3 is 4.74 Å². The van der Waals surface area contributed by atoms with Crippen molar-refractivity contribution in [3.8, 4) is 0 Å². The number of primary sulfonamides is 1. The summed E-state index contributed by atoms with van der Waals surface area (Å²) in [4.78, 5) is 11.3. The Hall–Kier alpha value is -0.670. The molecule has 0 radical (unpaired) electrons. The van der Waals surface area contributed by atoms with Gasteiger partial charge in [0.2, 0.25) is 10.0 Å². The number of sulfonamides is 1. The van der Waals surface area contributed by atoms with Gasteiger partial charge in [0.15, 0.2) is 0 Å². The Morgan fingerprint density at radius 2 is 2.12 bits per heavy atom. The Kier molecular flexibility index (Phi) is 4.28. The van der Waals surface area contributed by atoms with Crippen LogP contribution in [-0.2, 0) is 14.8 Å². The lowest BCUT2D eigenvalue weighted by Gasteiger charge is -2.05.